The molecule has 2 rings (SSSR count). The molecule has 0 bridgehead atoms. The summed E-state index contributed by atoms with van der Waals surface area (Å²) in [6, 6.07) is 10.9. The highest BCUT2D eigenvalue weighted by Gasteiger charge is 2.01. The highest BCUT2D eigenvalue weighted by atomic mass is 79.9. The van der Waals surface area contributed by atoms with E-state index < -0.39 is 0 Å². The first-order valence-corrected chi connectivity index (χ1v) is 5.16. The van der Waals surface area contributed by atoms with Gasteiger partial charge in [0.25, 0.3) is 0 Å². The maximum Gasteiger partial charge on any atom is 0.124 e. The van der Waals surface area contributed by atoms with Crippen molar-refractivity contribution in [3.05, 3.63) is 47.8 Å². The summed E-state index contributed by atoms with van der Waals surface area (Å²) in [6.45, 7) is 0. The van der Waals surface area contributed by atoms with Crippen LogP contribution in [0.3, 0.4) is 0 Å². The fraction of sp³-hybridized carbons (Fsp3) is 0.0909. The third-order valence-corrected chi connectivity index (χ3v) is 2.66. The number of alkyl halides is 1. The molecule has 0 unspecified atom stereocenters. The van der Waals surface area contributed by atoms with Gasteiger partial charge in [0.15, 0.2) is 0 Å². The molecule has 2 aromatic carbocycles. The van der Waals surface area contributed by atoms with Crippen LogP contribution in [0.1, 0.15) is 5.56 Å². The smallest absolute Gasteiger partial charge is 0.124 e. The fourth-order valence-electron chi connectivity index (χ4n) is 1.46. The van der Waals surface area contributed by atoms with Gasteiger partial charge in [0.05, 0.1) is 0 Å². The van der Waals surface area contributed by atoms with Gasteiger partial charge in [-0.2, -0.15) is 0 Å². The standard InChI is InChI=1S/C11H8BrF/c12-7-9-6-10(13)5-8-3-1-2-4-11(8)9/h1-6H,7H2. The van der Waals surface area contributed by atoms with Crippen LogP contribution in [-0.2, 0) is 5.33 Å². The number of fused-ring (bicyclic) bond motifs is 1. The number of hydrogen-bond donors (Lipinski definition) is 0. The van der Waals surface area contributed by atoms with Gasteiger partial charge in [-0.1, -0.05) is 40.2 Å². The molecular formula is C11H8BrF. The second-order valence-corrected chi connectivity index (χ2v) is 3.48. The van der Waals surface area contributed by atoms with Crippen molar-refractivity contribution in [2.24, 2.45) is 0 Å². The van der Waals surface area contributed by atoms with E-state index >= 15 is 0 Å². The molecule has 13 heavy (non-hydrogen) atoms. The molecule has 0 saturated heterocycles. The quantitative estimate of drug-likeness (QED) is 0.662. The van der Waals surface area contributed by atoms with Gasteiger partial charge in [0, 0.05) is 5.33 Å². The van der Waals surface area contributed by atoms with Crippen LogP contribution in [0.5, 0.6) is 0 Å². The zero-order valence-corrected chi connectivity index (χ0v) is 8.51. The van der Waals surface area contributed by atoms with E-state index in [1.165, 1.54) is 0 Å². The van der Waals surface area contributed by atoms with Crippen LogP contribution in [0.2, 0.25) is 0 Å². The van der Waals surface area contributed by atoms with E-state index in [0.717, 1.165) is 16.3 Å². The first-order valence-electron chi connectivity index (χ1n) is 4.04. The van der Waals surface area contributed by atoms with Gasteiger partial charge in [-0.15, -0.1) is 0 Å². The van der Waals surface area contributed by atoms with Crippen molar-refractivity contribution in [3.63, 3.8) is 0 Å². The summed E-state index contributed by atoms with van der Waals surface area (Å²) in [7, 11) is 0. The first kappa shape index (κ1) is 8.70. The Hall–Kier alpha value is -0.890. The topological polar surface area (TPSA) is 0 Å². The molecule has 0 aromatic heterocycles. The van der Waals surface area contributed by atoms with Crippen molar-refractivity contribution < 1.29 is 4.39 Å². The van der Waals surface area contributed by atoms with E-state index in [-0.39, 0.29) is 5.82 Å². The van der Waals surface area contributed by atoms with Gasteiger partial charge in [-0.25, -0.2) is 4.39 Å². The minimum atomic E-state index is -0.173. The highest BCUT2D eigenvalue weighted by Crippen LogP contribution is 2.22. The molecule has 0 aliphatic rings. The minimum absolute atomic E-state index is 0.173. The molecule has 2 heteroatoms. The Kier molecular flexibility index (Phi) is 2.32. The predicted molar refractivity (Wildman–Crippen MR) is 56.5 cm³/mol. The molecule has 0 aliphatic heterocycles. The fourth-order valence-corrected chi connectivity index (χ4v) is 1.92. The van der Waals surface area contributed by atoms with Crippen LogP contribution in [0.25, 0.3) is 10.8 Å². The van der Waals surface area contributed by atoms with Crippen molar-refractivity contribution in [1.29, 1.82) is 0 Å². The van der Waals surface area contributed by atoms with Crippen LogP contribution < -0.4 is 0 Å². The van der Waals surface area contributed by atoms with Crippen LogP contribution in [0.15, 0.2) is 36.4 Å². The average molecular weight is 239 g/mol. The number of halogens is 2. The van der Waals surface area contributed by atoms with Gasteiger partial charge >= 0.3 is 0 Å². The number of benzene rings is 2. The molecule has 0 radical (unpaired) electrons. The van der Waals surface area contributed by atoms with E-state index in [2.05, 4.69) is 15.9 Å². The molecule has 0 amide bonds. The van der Waals surface area contributed by atoms with Gasteiger partial charge in [-0.05, 0) is 28.5 Å². The van der Waals surface area contributed by atoms with Crippen LogP contribution in [0, 0.1) is 5.82 Å². The number of hydrogen-bond acceptors (Lipinski definition) is 0. The summed E-state index contributed by atoms with van der Waals surface area (Å²) >= 11 is 3.35. The van der Waals surface area contributed by atoms with Crippen molar-refractivity contribution in [2.75, 3.05) is 0 Å². The summed E-state index contributed by atoms with van der Waals surface area (Å²) < 4.78 is 13.1. The van der Waals surface area contributed by atoms with Crippen molar-refractivity contribution in [2.45, 2.75) is 5.33 Å². The SMILES string of the molecule is Fc1cc(CBr)c2ccccc2c1. The zero-order chi connectivity index (χ0) is 9.26. The predicted octanol–water partition coefficient (Wildman–Crippen LogP) is 3.87. The first-order chi connectivity index (χ1) is 6.31. The Balaban J connectivity index is 2.81. The summed E-state index contributed by atoms with van der Waals surface area (Å²) in [5, 5.41) is 2.75. The monoisotopic (exact) mass is 238 g/mol. The summed E-state index contributed by atoms with van der Waals surface area (Å²) in [6.07, 6.45) is 0. The average Bonchev–Trinajstić information content (AvgIpc) is 2.16. The second-order valence-electron chi connectivity index (χ2n) is 2.92. The molecule has 0 atom stereocenters. The highest BCUT2D eigenvalue weighted by molar-refractivity contribution is 9.08. The lowest BCUT2D eigenvalue weighted by Crippen LogP contribution is -1.84. The van der Waals surface area contributed by atoms with Gasteiger partial charge in [-0.3, -0.25) is 0 Å². The van der Waals surface area contributed by atoms with Gasteiger partial charge in [0.1, 0.15) is 5.82 Å². The van der Waals surface area contributed by atoms with Crippen LogP contribution in [0.4, 0.5) is 4.39 Å². The summed E-state index contributed by atoms with van der Waals surface area (Å²) in [5.74, 6) is -0.173. The Morgan fingerprint density at radius 3 is 2.69 bits per heavy atom. The molecular weight excluding hydrogens is 231 g/mol. The van der Waals surface area contributed by atoms with Gasteiger partial charge < -0.3 is 0 Å². The van der Waals surface area contributed by atoms with Crippen LogP contribution in [-0.4, -0.2) is 0 Å². The van der Waals surface area contributed by atoms with E-state index in [1.54, 1.807) is 12.1 Å². The third-order valence-electron chi connectivity index (χ3n) is 2.06. The van der Waals surface area contributed by atoms with Crippen LogP contribution >= 0.6 is 15.9 Å². The minimum Gasteiger partial charge on any atom is -0.207 e. The number of rotatable bonds is 1. The maximum absolute atomic E-state index is 13.1. The molecule has 0 saturated carbocycles. The lowest BCUT2D eigenvalue weighted by atomic mass is 10.1. The summed E-state index contributed by atoms with van der Waals surface area (Å²) in [5.41, 5.74) is 0.996. The molecule has 0 aliphatic carbocycles. The van der Waals surface area contributed by atoms with E-state index in [9.17, 15) is 4.39 Å². The van der Waals surface area contributed by atoms with Crippen molar-refractivity contribution in [3.8, 4) is 0 Å². The lowest BCUT2D eigenvalue weighted by Gasteiger charge is -2.03. The Labute approximate surface area is 84.5 Å². The van der Waals surface area contributed by atoms with Gasteiger partial charge in [0.2, 0.25) is 0 Å². The largest absolute Gasteiger partial charge is 0.207 e. The van der Waals surface area contributed by atoms with E-state index in [4.69, 9.17) is 0 Å². The second kappa shape index (κ2) is 3.46. The zero-order valence-electron chi connectivity index (χ0n) is 6.93. The molecule has 66 valence electrons. The molecule has 0 heterocycles. The Morgan fingerprint density at radius 1 is 1.15 bits per heavy atom. The molecule has 2 aromatic rings. The third kappa shape index (κ3) is 1.59. The Morgan fingerprint density at radius 2 is 1.92 bits per heavy atom. The van der Waals surface area contributed by atoms with Crippen molar-refractivity contribution in [1.82, 2.24) is 0 Å². The Bertz CT molecular complexity index is 437. The molecule has 0 nitrogen and oxygen atoms in total. The van der Waals surface area contributed by atoms with E-state index in [0.29, 0.717) is 5.33 Å². The van der Waals surface area contributed by atoms with E-state index in [1.807, 2.05) is 24.3 Å². The maximum atomic E-state index is 13.1. The molecule has 0 N–H and O–H groups in total. The molecule has 0 fully saturated rings. The normalized spacial score (nSPS) is 10.6. The molecule has 0 spiro atoms. The lowest BCUT2D eigenvalue weighted by molar-refractivity contribution is 0.628. The van der Waals surface area contributed by atoms with Crippen molar-refractivity contribution >= 4 is 26.7 Å². The summed E-state index contributed by atoms with van der Waals surface area (Å²) in [4.78, 5) is 0.